The second kappa shape index (κ2) is 3.25. The molecule has 0 atom stereocenters. The Morgan fingerprint density at radius 1 is 1.50 bits per heavy atom. The van der Waals surface area contributed by atoms with Crippen molar-refractivity contribution in [2.75, 3.05) is 0 Å². The third-order valence-electron chi connectivity index (χ3n) is 1.03. The van der Waals surface area contributed by atoms with E-state index in [1.165, 1.54) is 0 Å². The highest BCUT2D eigenvalue weighted by atomic mass is 19.1. The van der Waals surface area contributed by atoms with E-state index in [2.05, 4.69) is 9.97 Å². The van der Waals surface area contributed by atoms with Crippen molar-refractivity contribution in [2.45, 2.75) is 13.3 Å². The van der Waals surface area contributed by atoms with Gasteiger partial charge in [-0.15, -0.1) is 0 Å². The minimum absolute atomic E-state index is 0.395. The summed E-state index contributed by atoms with van der Waals surface area (Å²) < 4.78 is 12.2. The molecule has 0 unspecified atom stereocenters. The van der Waals surface area contributed by atoms with Crippen LogP contribution in [0.3, 0.4) is 0 Å². The number of aromatic nitrogens is 2. The highest BCUT2D eigenvalue weighted by Gasteiger charge is 1.93. The van der Waals surface area contributed by atoms with Gasteiger partial charge in [0.25, 0.3) is 0 Å². The molecule has 3 heteroatoms. The van der Waals surface area contributed by atoms with Gasteiger partial charge in [-0.25, -0.2) is 14.4 Å². The maximum absolute atomic E-state index is 12.2. The molecule has 1 rings (SSSR count). The van der Waals surface area contributed by atoms with Gasteiger partial charge in [-0.05, 0) is 6.42 Å². The lowest BCUT2D eigenvalue weighted by Crippen LogP contribution is -1.91. The van der Waals surface area contributed by atoms with Crippen molar-refractivity contribution in [1.29, 1.82) is 0 Å². The molecular formula is C7H8FN2. The van der Waals surface area contributed by atoms with Crippen LogP contribution in [0.15, 0.2) is 12.4 Å². The highest BCUT2D eigenvalue weighted by Crippen LogP contribution is 1.97. The van der Waals surface area contributed by atoms with Gasteiger partial charge >= 0.3 is 0 Å². The lowest BCUT2D eigenvalue weighted by Gasteiger charge is -1.92. The fraction of sp³-hybridized carbons (Fsp3) is 0.286. The minimum Gasteiger partial charge on any atom is -0.238 e. The predicted octanol–water partition coefficient (Wildman–Crippen LogP) is 1.58. The molecule has 0 bridgehead atoms. The predicted molar refractivity (Wildman–Crippen MR) is 35.7 cm³/mol. The first kappa shape index (κ1) is 7.12. The van der Waals surface area contributed by atoms with Crippen LogP contribution < -0.4 is 0 Å². The van der Waals surface area contributed by atoms with E-state index in [0.29, 0.717) is 5.82 Å². The van der Waals surface area contributed by atoms with Crippen molar-refractivity contribution >= 4 is 0 Å². The molecule has 1 radical (unpaired) electrons. The molecule has 0 aliphatic rings. The zero-order valence-electron chi connectivity index (χ0n) is 5.71. The molecule has 10 heavy (non-hydrogen) atoms. The monoisotopic (exact) mass is 139 g/mol. The van der Waals surface area contributed by atoms with E-state index < -0.39 is 5.82 Å². The molecule has 0 amide bonds. The normalized spacial score (nSPS) is 9.80. The van der Waals surface area contributed by atoms with E-state index in [9.17, 15) is 4.39 Å². The number of rotatable bonds is 2. The molecule has 1 heterocycles. The van der Waals surface area contributed by atoms with E-state index in [-0.39, 0.29) is 0 Å². The average molecular weight is 139 g/mol. The number of hydrogen-bond donors (Lipinski definition) is 0. The Bertz CT molecular complexity index is 195. The van der Waals surface area contributed by atoms with Crippen LogP contribution in [-0.4, -0.2) is 9.97 Å². The molecule has 0 fully saturated rings. The van der Waals surface area contributed by atoms with Gasteiger partial charge in [0, 0.05) is 6.42 Å². The van der Waals surface area contributed by atoms with Gasteiger partial charge < -0.3 is 0 Å². The third-order valence-corrected chi connectivity index (χ3v) is 1.03. The van der Waals surface area contributed by atoms with E-state index >= 15 is 0 Å². The highest BCUT2D eigenvalue weighted by molar-refractivity contribution is 5.00. The SMILES string of the molecule is CC[CH]c1ncc(F)cn1. The Labute approximate surface area is 59.1 Å². The maximum atomic E-state index is 12.2. The van der Waals surface area contributed by atoms with Gasteiger partial charge in [0.15, 0.2) is 5.82 Å². The molecule has 0 N–H and O–H groups in total. The van der Waals surface area contributed by atoms with Crippen LogP contribution in [0.1, 0.15) is 19.2 Å². The molecule has 0 aliphatic heterocycles. The molecule has 0 aliphatic carbocycles. The van der Waals surface area contributed by atoms with Crippen LogP contribution in [0.5, 0.6) is 0 Å². The molecule has 1 aromatic heterocycles. The smallest absolute Gasteiger partial charge is 0.159 e. The zero-order chi connectivity index (χ0) is 7.40. The van der Waals surface area contributed by atoms with Crippen LogP contribution in [0.4, 0.5) is 4.39 Å². The molecular weight excluding hydrogens is 131 g/mol. The van der Waals surface area contributed by atoms with Crippen LogP contribution >= 0.6 is 0 Å². The minimum atomic E-state index is -0.395. The number of nitrogens with zero attached hydrogens (tertiary/aromatic N) is 2. The molecule has 2 nitrogen and oxygen atoms in total. The van der Waals surface area contributed by atoms with Gasteiger partial charge in [0.1, 0.15) is 5.82 Å². The Morgan fingerprint density at radius 2 is 2.10 bits per heavy atom. The molecule has 0 saturated carbocycles. The van der Waals surface area contributed by atoms with Crippen molar-refractivity contribution in [2.24, 2.45) is 0 Å². The second-order valence-corrected chi connectivity index (χ2v) is 1.87. The fourth-order valence-corrected chi connectivity index (χ4v) is 0.610. The van der Waals surface area contributed by atoms with Crippen LogP contribution in [-0.2, 0) is 0 Å². The molecule has 0 aromatic carbocycles. The summed E-state index contributed by atoms with van der Waals surface area (Å²) >= 11 is 0. The number of halogens is 1. The largest absolute Gasteiger partial charge is 0.238 e. The Kier molecular flexibility index (Phi) is 2.31. The van der Waals surface area contributed by atoms with Gasteiger partial charge in [0.05, 0.1) is 12.4 Å². The Morgan fingerprint density at radius 3 is 2.60 bits per heavy atom. The summed E-state index contributed by atoms with van der Waals surface area (Å²) in [5.41, 5.74) is 0. The quantitative estimate of drug-likeness (QED) is 0.621. The molecule has 0 saturated heterocycles. The van der Waals surface area contributed by atoms with Crippen LogP contribution in [0.2, 0.25) is 0 Å². The second-order valence-electron chi connectivity index (χ2n) is 1.87. The summed E-state index contributed by atoms with van der Waals surface area (Å²) in [6.45, 7) is 1.98. The number of hydrogen-bond acceptors (Lipinski definition) is 2. The first-order valence-corrected chi connectivity index (χ1v) is 3.13. The summed E-state index contributed by atoms with van der Waals surface area (Å²) in [5, 5.41) is 0. The Balaban J connectivity index is 2.69. The fourth-order valence-electron chi connectivity index (χ4n) is 0.610. The lowest BCUT2D eigenvalue weighted by molar-refractivity contribution is 0.611. The van der Waals surface area contributed by atoms with Gasteiger partial charge in [-0.2, -0.15) is 0 Å². The summed E-state index contributed by atoms with van der Waals surface area (Å²) in [5.74, 6) is 0.192. The van der Waals surface area contributed by atoms with Gasteiger partial charge in [0.2, 0.25) is 0 Å². The van der Waals surface area contributed by atoms with E-state index in [1.807, 2.05) is 13.3 Å². The summed E-state index contributed by atoms with van der Waals surface area (Å²) in [4.78, 5) is 7.45. The first-order valence-electron chi connectivity index (χ1n) is 3.13. The zero-order valence-corrected chi connectivity index (χ0v) is 5.71. The first-order chi connectivity index (χ1) is 4.83. The average Bonchev–Trinajstić information content (AvgIpc) is 1.95. The van der Waals surface area contributed by atoms with Crippen molar-refractivity contribution in [3.63, 3.8) is 0 Å². The van der Waals surface area contributed by atoms with Crippen molar-refractivity contribution in [3.8, 4) is 0 Å². The topological polar surface area (TPSA) is 25.8 Å². The van der Waals surface area contributed by atoms with E-state index in [0.717, 1.165) is 18.8 Å². The summed E-state index contributed by atoms with van der Waals surface area (Å²) in [6.07, 6.45) is 5.02. The molecule has 0 spiro atoms. The van der Waals surface area contributed by atoms with Crippen molar-refractivity contribution in [3.05, 3.63) is 30.5 Å². The van der Waals surface area contributed by atoms with Gasteiger partial charge in [-0.3, -0.25) is 0 Å². The summed E-state index contributed by atoms with van der Waals surface area (Å²) in [6, 6.07) is 0. The molecule has 53 valence electrons. The van der Waals surface area contributed by atoms with E-state index in [4.69, 9.17) is 0 Å². The maximum Gasteiger partial charge on any atom is 0.159 e. The standard InChI is InChI=1S/C7H8FN2/c1-2-3-7-9-4-6(8)5-10-7/h3-5H,2H2,1H3. The Hall–Kier alpha value is -0.990. The van der Waals surface area contributed by atoms with Crippen LogP contribution in [0, 0.1) is 12.2 Å². The van der Waals surface area contributed by atoms with Crippen LogP contribution in [0.25, 0.3) is 0 Å². The third kappa shape index (κ3) is 1.76. The van der Waals surface area contributed by atoms with E-state index in [1.54, 1.807) is 0 Å². The van der Waals surface area contributed by atoms with Gasteiger partial charge in [-0.1, -0.05) is 6.92 Å². The van der Waals surface area contributed by atoms with Crippen molar-refractivity contribution < 1.29 is 4.39 Å². The molecule has 1 aromatic rings. The summed E-state index contributed by atoms with van der Waals surface area (Å²) in [7, 11) is 0. The van der Waals surface area contributed by atoms with Crippen molar-refractivity contribution in [1.82, 2.24) is 9.97 Å². The lowest BCUT2D eigenvalue weighted by atomic mass is 10.3.